The Kier molecular flexibility index (Phi) is 3.01. The third-order valence-corrected chi connectivity index (χ3v) is 3.66. The van der Waals surface area contributed by atoms with E-state index in [1.54, 1.807) is 10.9 Å². The van der Waals surface area contributed by atoms with Gasteiger partial charge < -0.3 is 4.98 Å². The summed E-state index contributed by atoms with van der Waals surface area (Å²) in [6, 6.07) is 17.8. The van der Waals surface area contributed by atoms with E-state index >= 15 is 0 Å². The monoisotopic (exact) mass is 305 g/mol. The highest BCUT2D eigenvalue weighted by atomic mass is 32.1. The summed E-state index contributed by atoms with van der Waals surface area (Å²) in [5, 5.41) is 13.7. The minimum atomic E-state index is 0.311. The van der Waals surface area contributed by atoms with E-state index in [9.17, 15) is 0 Å². The zero-order valence-corrected chi connectivity index (χ0v) is 12.3. The van der Waals surface area contributed by atoms with Gasteiger partial charge in [0.05, 0.1) is 6.21 Å². The lowest BCUT2D eigenvalue weighted by Crippen LogP contribution is -2.00. The standard InChI is InChI=1S/C16H11N5S/c22-16-20-19-14-12-8-4-5-9-13(12)18-15(14)21(16)17-10-11-6-2-1-3-7-11/h1-10,18H. The van der Waals surface area contributed by atoms with Crippen LogP contribution in [0.1, 0.15) is 5.56 Å². The Morgan fingerprint density at radius 3 is 2.64 bits per heavy atom. The minimum Gasteiger partial charge on any atom is -0.338 e. The molecule has 0 aliphatic carbocycles. The Balaban J connectivity index is 1.95. The molecule has 0 saturated carbocycles. The summed E-state index contributed by atoms with van der Waals surface area (Å²) in [6.07, 6.45) is 1.75. The first-order valence-electron chi connectivity index (χ1n) is 6.78. The van der Waals surface area contributed by atoms with Crippen LogP contribution in [0.2, 0.25) is 0 Å². The molecule has 4 aromatic rings. The molecule has 2 heterocycles. The maximum Gasteiger partial charge on any atom is 0.243 e. The second-order valence-electron chi connectivity index (χ2n) is 4.82. The summed E-state index contributed by atoms with van der Waals surface area (Å²) >= 11 is 5.26. The molecule has 1 N–H and O–H groups in total. The predicted octanol–water partition coefficient (Wildman–Crippen LogP) is 3.52. The fraction of sp³-hybridized carbons (Fsp3) is 0. The average molecular weight is 305 g/mol. The van der Waals surface area contributed by atoms with Gasteiger partial charge in [-0.3, -0.25) is 0 Å². The highest BCUT2D eigenvalue weighted by molar-refractivity contribution is 7.71. The first kappa shape index (κ1) is 12.8. The van der Waals surface area contributed by atoms with Gasteiger partial charge in [0, 0.05) is 10.9 Å². The van der Waals surface area contributed by atoms with Gasteiger partial charge in [-0.2, -0.15) is 9.78 Å². The quantitative estimate of drug-likeness (QED) is 0.455. The normalized spacial score (nSPS) is 11.6. The van der Waals surface area contributed by atoms with Gasteiger partial charge in [0.2, 0.25) is 4.77 Å². The van der Waals surface area contributed by atoms with E-state index < -0.39 is 0 Å². The third-order valence-electron chi connectivity index (χ3n) is 3.41. The van der Waals surface area contributed by atoms with E-state index in [-0.39, 0.29) is 0 Å². The molecule has 22 heavy (non-hydrogen) atoms. The number of hydrogen-bond donors (Lipinski definition) is 1. The van der Waals surface area contributed by atoms with Crippen molar-refractivity contribution in [1.82, 2.24) is 19.9 Å². The van der Waals surface area contributed by atoms with Crippen LogP contribution < -0.4 is 0 Å². The number of nitrogens with one attached hydrogen (secondary N) is 1. The van der Waals surface area contributed by atoms with Gasteiger partial charge in [0.1, 0.15) is 5.52 Å². The number of nitrogens with zero attached hydrogens (tertiary/aromatic N) is 4. The molecule has 0 unspecified atom stereocenters. The number of H-pyrrole nitrogens is 1. The summed E-state index contributed by atoms with van der Waals surface area (Å²) < 4.78 is 1.91. The number of hydrogen-bond acceptors (Lipinski definition) is 4. The topological polar surface area (TPSA) is 58.9 Å². The van der Waals surface area contributed by atoms with Crippen molar-refractivity contribution in [1.29, 1.82) is 0 Å². The zero-order valence-electron chi connectivity index (χ0n) is 11.5. The molecule has 2 aromatic carbocycles. The van der Waals surface area contributed by atoms with E-state index in [0.29, 0.717) is 4.77 Å². The van der Waals surface area contributed by atoms with Gasteiger partial charge >= 0.3 is 0 Å². The molecule has 106 valence electrons. The van der Waals surface area contributed by atoms with Crippen molar-refractivity contribution in [2.45, 2.75) is 0 Å². The average Bonchev–Trinajstić information content (AvgIpc) is 2.93. The van der Waals surface area contributed by atoms with Crippen LogP contribution >= 0.6 is 12.2 Å². The fourth-order valence-corrected chi connectivity index (χ4v) is 2.55. The van der Waals surface area contributed by atoms with Crippen LogP contribution in [0.15, 0.2) is 59.7 Å². The number of rotatable bonds is 2. The Bertz CT molecular complexity index is 1050. The molecule has 0 atom stereocenters. The Hall–Kier alpha value is -2.86. The van der Waals surface area contributed by atoms with E-state index in [2.05, 4.69) is 20.3 Å². The van der Waals surface area contributed by atoms with Crippen LogP contribution in [0.3, 0.4) is 0 Å². The molecule has 0 bridgehead atoms. The number of aromatic nitrogens is 4. The highest BCUT2D eigenvalue weighted by Crippen LogP contribution is 2.22. The Morgan fingerprint density at radius 2 is 1.77 bits per heavy atom. The first-order chi connectivity index (χ1) is 10.8. The van der Waals surface area contributed by atoms with Gasteiger partial charge in [0.15, 0.2) is 5.65 Å². The number of fused-ring (bicyclic) bond motifs is 3. The van der Waals surface area contributed by atoms with Crippen LogP contribution in [0.25, 0.3) is 22.1 Å². The molecule has 0 aliphatic rings. The highest BCUT2D eigenvalue weighted by Gasteiger charge is 2.09. The lowest BCUT2D eigenvalue weighted by Gasteiger charge is -2.00. The second kappa shape index (κ2) is 5.16. The molecule has 0 amide bonds. The molecule has 0 aliphatic heterocycles. The van der Waals surface area contributed by atoms with Crippen LogP contribution in [-0.2, 0) is 0 Å². The van der Waals surface area contributed by atoms with Gasteiger partial charge in [-0.15, -0.1) is 10.2 Å². The molecule has 4 rings (SSSR count). The molecule has 5 nitrogen and oxygen atoms in total. The maximum atomic E-state index is 5.26. The van der Waals surface area contributed by atoms with Crippen molar-refractivity contribution in [3.63, 3.8) is 0 Å². The Morgan fingerprint density at radius 1 is 1.00 bits per heavy atom. The van der Waals surface area contributed by atoms with Gasteiger partial charge in [0.25, 0.3) is 0 Å². The molecule has 6 heteroatoms. The second-order valence-corrected chi connectivity index (χ2v) is 5.18. The van der Waals surface area contributed by atoms with Crippen molar-refractivity contribution >= 4 is 40.5 Å². The molecular weight excluding hydrogens is 294 g/mol. The van der Waals surface area contributed by atoms with E-state index in [1.807, 2.05) is 54.6 Å². The van der Waals surface area contributed by atoms with E-state index in [1.165, 1.54) is 0 Å². The van der Waals surface area contributed by atoms with Crippen molar-refractivity contribution in [2.75, 3.05) is 0 Å². The molecule has 0 saturated heterocycles. The van der Waals surface area contributed by atoms with Gasteiger partial charge in [-0.1, -0.05) is 48.5 Å². The van der Waals surface area contributed by atoms with Crippen LogP contribution in [-0.4, -0.2) is 26.1 Å². The molecule has 0 fully saturated rings. The van der Waals surface area contributed by atoms with Crippen molar-refractivity contribution in [3.05, 3.63) is 64.9 Å². The molecule has 0 spiro atoms. The maximum absolute atomic E-state index is 5.26. The largest absolute Gasteiger partial charge is 0.338 e. The fourth-order valence-electron chi connectivity index (χ4n) is 2.37. The van der Waals surface area contributed by atoms with Crippen molar-refractivity contribution in [2.24, 2.45) is 5.10 Å². The predicted molar refractivity (Wildman–Crippen MR) is 89.7 cm³/mol. The van der Waals surface area contributed by atoms with Gasteiger partial charge in [-0.25, -0.2) is 0 Å². The summed E-state index contributed by atoms with van der Waals surface area (Å²) in [5.74, 6) is 0. The lowest BCUT2D eigenvalue weighted by atomic mass is 10.2. The molecule has 2 aromatic heterocycles. The smallest absolute Gasteiger partial charge is 0.243 e. The lowest BCUT2D eigenvalue weighted by molar-refractivity contribution is 0.812. The number of aromatic amines is 1. The van der Waals surface area contributed by atoms with E-state index in [4.69, 9.17) is 12.2 Å². The molecular formula is C16H11N5S. The van der Waals surface area contributed by atoms with Crippen molar-refractivity contribution < 1.29 is 0 Å². The van der Waals surface area contributed by atoms with Crippen molar-refractivity contribution in [3.8, 4) is 0 Å². The number of benzene rings is 2. The van der Waals surface area contributed by atoms with Crippen LogP contribution in [0.5, 0.6) is 0 Å². The third kappa shape index (κ3) is 2.10. The Labute approximate surface area is 130 Å². The first-order valence-corrected chi connectivity index (χ1v) is 7.19. The summed E-state index contributed by atoms with van der Waals surface area (Å²) in [7, 11) is 0. The van der Waals surface area contributed by atoms with Gasteiger partial charge in [-0.05, 0) is 23.8 Å². The van der Waals surface area contributed by atoms with Crippen LogP contribution in [0, 0.1) is 4.77 Å². The molecule has 0 radical (unpaired) electrons. The minimum absolute atomic E-state index is 0.311. The van der Waals surface area contributed by atoms with Crippen LogP contribution in [0.4, 0.5) is 0 Å². The summed E-state index contributed by atoms with van der Waals surface area (Å²) in [4.78, 5) is 3.30. The zero-order chi connectivity index (χ0) is 14.9. The van der Waals surface area contributed by atoms with E-state index in [0.717, 1.165) is 27.6 Å². The summed E-state index contributed by atoms with van der Waals surface area (Å²) in [5.41, 5.74) is 3.48. The SMILES string of the molecule is S=c1nnc2c3ccccc3[nH]c2n1N=Cc1ccccc1. The summed E-state index contributed by atoms with van der Waals surface area (Å²) in [6.45, 7) is 0. The number of para-hydroxylation sites is 1.